The maximum atomic E-state index is 12.8. The number of ether oxygens (including phenoxy) is 1. The predicted molar refractivity (Wildman–Crippen MR) is 142 cm³/mol. The van der Waals surface area contributed by atoms with Crippen LogP contribution in [0.2, 0.25) is 0 Å². The number of piperidine rings is 1. The zero-order chi connectivity index (χ0) is 21.8. The number of carbonyl (C=O) groups is 1. The van der Waals surface area contributed by atoms with Crippen molar-refractivity contribution in [1.29, 1.82) is 0 Å². The monoisotopic (exact) mass is 520 g/mol. The Kier molecular flexibility index (Phi) is 9.71. The topological polar surface area (TPSA) is 58.9 Å². The van der Waals surface area contributed by atoms with Gasteiger partial charge in [0, 0.05) is 13.1 Å². The van der Waals surface area contributed by atoms with E-state index in [0.29, 0.717) is 5.92 Å². The number of imidazole rings is 1. The second kappa shape index (κ2) is 12.5. The van der Waals surface area contributed by atoms with Crippen molar-refractivity contribution in [1.82, 2.24) is 19.6 Å². The Hall–Kier alpha value is -2.19. The van der Waals surface area contributed by atoms with Gasteiger partial charge < -0.3 is 15.0 Å². The number of para-hydroxylation sites is 1. The summed E-state index contributed by atoms with van der Waals surface area (Å²) in [6.45, 7) is 4.73. The van der Waals surface area contributed by atoms with Crippen molar-refractivity contribution in [3.8, 4) is 5.75 Å². The van der Waals surface area contributed by atoms with Gasteiger partial charge in [-0.3, -0.25) is 9.20 Å². The molecule has 2 aromatic heterocycles. The molecule has 0 saturated carbocycles. The van der Waals surface area contributed by atoms with Crippen LogP contribution in [0.5, 0.6) is 5.75 Å². The molecule has 0 unspecified atom stereocenters. The van der Waals surface area contributed by atoms with E-state index in [1.54, 1.807) is 0 Å². The first kappa shape index (κ1) is 26.4. The maximum Gasteiger partial charge on any atom is 0.258 e. The molecule has 1 amide bonds. The lowest BCUT2D eigenvalue weighted by Gasteiger charge is -2.32. The average Bonchev–Trinajstić information content (AvgIpc) is 3.26. The Morgan fingerprint density at radius 3 is 2.68 bits per heavy atom. The van der Waals surface area contributed by atoms with E-state index in [-0.39, 0.29) is 30.7 Å². The Morgan fingerprint density at radius 1 is 1.09 bits per heavy atom. The van der Waals surface area contributed by atoms with Crippen LogP contribution in [-0.2, 0) is 4.79 Å². The minimum atomic E-state index is 0. The Morgan fingerprint density at radius 2 is 1.88 bits per heavy atom. The van der Waals surface area contributed by atoms with Crippen molar-refractivity contribution in [2.24, 2.45) is 5.92 Å². The van der Waals surface area contributed by atoms with Crippen LogP contribution in [0.1, 0.15) is 25.0 Å². The molecule has 4 heterocycles. The van der Waals surface area contributed by atoms with E-state index in [2.05, 4.69) is 19.6 Å². The third-order valence-corrected chi connectivity index (χ3v) is 7.18. The minimum Gasteiger partial charge on any atom is -0.494 e. The highest BCUT2D eigenvalue weighted by atomic mass is 35.5. The van der Waals surface area contributed by atoms with Crippen LogP contribution < -0.4 is 10.1 Å². The van der Waals surface area contributed by atoms with Gasteiger partial charge in [0.15, 0.2) is 0 Å². The van der Waals surface area contributed by atoms with E-state index in [0.717, 1.165) is 79.1 Å². The average molecular weight is 522 g/mol. The van der Waals surface area contributed by atoms with Crippen molar-refractivity contribution in [2.45, 2.75) is 24.3 Å². The maximum absolute atomic E-state index is 12.8. The van der Waals surface area contributed by atoms with Gasteiger partial charge in [-0.1, -0.05) is 36.0 Å². The zero-order valence-electron chi connectivity index (χ0n) is 18.9. The van der Waals surface area contributed by atoms with Crippen LogP contribution in [0, 0.1) is 5.92 Å². The summed E-state index contributed by atoms with van der Waals surface area (Å²) in [4.78, 5) is 20.5. The highest BCUT2D eigenvalue weighted by molar-refractivity contribution is 8.04. The molecule has 0 aliphatic carbocycles. The molecule has 182 valence electrons. The minimum absolute atomic E-state index is 0. The molecular weight excluding hydrogens is 491 g/mol. The highest BCUT2D eigenvalue weighted by Gasteiger charge is 2.23. The van der Waals surface area contributed by atoms with E-state index < -0.39 is 0 Å². The SMILES string of the molecule is Cl.Cl.O=C(NCC1CCN(CCCOc2ccccc2)CC1)C1=Cc2cnc3cccc(n23)S1. The molecular formula is C25H30Cl2N4O2S. The molecule has 0 spiro atoms. The van der Waals surface area contributed by atoms with Gasteiger partial charge in [0.2, 0.25) is 0 Å². The lowest BCUT2D eigenvalue weighted by molar-refractivity contribution is -0.117. The van der Waals surface area contributed by atoms with E-state index in [9.17, 15) is 4.79 Å². The van der Waals surface area contributed by atoms with Gasteiger partial charge in [-0.2, -0.15) is 0 Å². The van der Waals surface area contributed by atoms with E-state index in [1.807, 2.05) is 60.8 Å². The van der Waals surface area contributed by atoms with Gasteiger partial charge in [0.25, 0.3) is 5.91 Å². The van der Waals surface area contributed by atoms with Gasteiger partial charge in [0.1, 0.15) is 11.4 Å². The number of nitrogens with zero attached hydrogens (tertiary/aromatic N) is 3. The molecule has 0 radical (unpaired) electrons. The van der Waals surface area contributed by atoms with Crippen molar-refractivity contribution in [3.63, 3.8) is 0 Å². The van der Waals surface area contributed by atoms with Crippen LogP contribution in [0.3, 0.4) is 0 Å². The van der Waals surface area contributed by atoms with Crippen LogP contribution in [0.4, 0.5) is 0 Å². The summed E-state index contributed by atoms with van der Waals surface area (Å²) in [6, 6.07) is 16.0. The second-order valence-electron chi connectivity index (χ2n) is 8.36. The molecule has 2 aliphatic rings. The summed E-state index contributed by atoms with van der Waals surface area (Å²) < 4.78 is 7.87. The number of benzene rings is 1. The van der Waals surface area contributed by atoms with Gasteiger partial charge in [0.05, 0.1) is 28.4 Å². The lowest BCUT2D eigenvalue weighted by Crippen LogP contribution is -2.39. The number of nitrogens with one attached hydrogen (secondary N) is 1. The summed E-state index contributed by atoms with van der Waals surface area (Å²) in [7, 11) is 0. The van der Waals surface area contributed by atoms with Crippen molar-refractivity contribution in [3.05, 3.63) is 65.3 Å². The number of halogens is 2. The number of hydrogen-bond acceptors (Lipinski definition) is 5. The summed E-state index contributed by atoms with van der Waals surface area (Å²) in [5, 5.41) is 4.20. The van der Waals surface area contributed by atoms with Crippen LogP contribution in [0.15, 0.2) is 64.7 Å². The first-order valence-electron chi connectivity index (χ1n) is 11.3. The first-order chi connectivity index (χ1) is 15.8. The van der Waals surface area contributed by atoms with E-state index >= 15 is 0 Å². The van der Waals surface area contributed by atoms with Crippen molar-refractivity contribution < 1.29 is 9.53 Å². The number of rotatable bonds is 8. The number of hydrogen-bond donors (Lipinski definition) is 1. The van der Waals surface area contributed by atoms with Crippen molar-refractivity contribution >= 4 is 54.2 Å². The lowest BCUT2D eigenvalue weighted by atomic mass is 9.96. The molecule has 1 N–H and O–H groups in total. The van der Waals surface area contributed by atoms with Gasteiger partial charge >= 0.3 is 0 Å². The highest BCUT2D eigenvalue weighted by Crippen LogP contribution is 2.34. The molecule has 34 heavy (non-hydrogen) atoms. The Balaban J connectivity index is 0.00000162. The molecule has 1 saturated heterocycles. The van der Waals surface area contributed by atoms with Gasteiger partial charge in [-0.15, -0.1) is 24.8 Å². The summed E-state index contributed by atoms with van der Waals surface area (Å²) in [5.41, 5.74) is 1.88. The van der Waals surface area contributed by atoms with Crippen LogP contribution >= 0.6 is 36.6 Å². The fourth-order valence-electron chi connectivity index (χ4n) is 4.33. The Labute approximate surface area is 217 Å². The number of pyridine rings is 1. The zero-order valence-corrected chi connectivity index (χ0v) is 21.3. The third-order valence-electron chi connectivity index (χ3n) is 6.13. The fraction of sp³-hybridized carbons (Fsp3) is 0.360. The number of likely N-dealkylation sites (tertiary alicyclic amines) is 1. The quantitative estimate of drug-likeness (QED) is 0.427. The van der Waals surface area contributed by atoms with Crippen LogP contribution in [-0.4, -0.2) is 53.0 Å². The molecule has 6 nitrogen and oxygen atoms in total. The number of carbonyl (C=O) groups excluding carboxylic acids is 1. The second-order valence-corrected chi connectivity index (χ2v) is 9.42. The Bertz CT molecular complexity index is 1110. The smallest absolute Gasteiger partial charge is 0.258 e. The molecule has 0 atom stereocenters. The summed E-state index contributed by atoms with van der Waals surface area (Å²) >= 11 is 1.51. The normalized spacial score (nSPS) is 15.7. The molecule has 3 aromatic rings. The number of aromatic nitrogens is 2. The summed E-state index contributed by atoms with van der Waals surface area (Å²) in [6.07, 6.45) is 7.04. The molecule has 2 aliphatic heterocycles. The largest absolute Gasteiger partial charge is 0.494 e. The van der Waals surface area contributed by atoms with Gasteiger partial charge in [-0.05, 0) is 68.6 Å². The number of thioether (sulfide) groups is 1. The molecule has 0 bridgehead atoms. The van der Waals surface area contributed by atoms with Crippen molar-refractivity contribution in [2.75, 3.05) is 32.8 Å². The first-order valence-corrected chi connectivity index (χ1v) is 12.1. The fourth-order valence-corrected chi connectivity index (χ4v) is 5.34. The third kappa shape index (κ3) is 6.27. The van der Waals surface area contributed by atoms with Gasteiger partial charge in [-0.25, -0.2) is 4.98 Å². The standard InChI is InChI=1S/C25H28N4O2S.2ClH/c30-25(22-16-20-18-26-23-8-4-9-24(32-22)29(20)23)27-17-19-10-13-28(14-11-19)12-5-15-31-21-6-2-1-3-7-21;;/h1-4,6-9,16,18-19H,5,10-15,17H2,(H,27,30);2*1H. The van der Waals surface area contributed by atoms with Crippen LogP contribution in [0.25, 0.3) is 11.7 Å². The van der Waals surface area contributed by atoms with E-state index in [1.165, 1.54) is 11.8 Å². The molecule has 1 aromatic carbocycles. The number of amides is 1. The van der Waals surface area contributed by atoms with E-state index in [4.69, 9.17) is 4.74 Å². The predicted octanol–water partition coefficient (Wildman–Crippen LogP) is 4.92. The molecule has 9 heteroatoms. The molecule has 1 fully saturated rings. The summed E-state index contributed by atoms with van der Waals surface area (Å²) in [5.74, 6) is 1.49. The molecule has 5 rings (SSSR count).